The lowest BCUT2D eigenvalue weighted by Gasteiger charge is -2.58. The highest BCUT2D eigenvalue weighted by molar-refractivity contribution is 8.00. The Balaban J connectivity index is 1.48. The first-order chi connectivity index (χ1) is 19.8. The van der Waals surface area contributed by atoms with Crippen molar-refractivity contribution in [3.05, 3.63) is 70.3 Å². The molecule has 2 fully saturated rings. The summed E-state index contributed by atoms with van der Waals surface area (Å²) in [5.41, 5.74) is -3.10. The van der Waals surface area contributed by atoms with E-state index in [9.17, 15) is 34.4 Å². The number of hydrogen-bond donors (Lipinski definition) is 2. The molecule has 2 N–H and O–H groups in total. The first kappa shape index (κ1) is 30.8. The van der Waals surface area contributed by atoms with Gasteiger partial charge in [-0.15, -0.1) is 11.8 Å². The van der Waals surface area contributed by atoms with Crippen molar-refractivity contribution in [2.75, 3.05) is 12.4 Å². The normalized spacial score (nSPS) is 23.2. The van der Waals surface area contributed by atoms with Crippen LogP contribution in [0.2, 0.25) is 0 Å². The Bertz CT molecular complexity index is 1350. The van der Waals surface area contributed by atoms with Gasteiger partial charge in [-0.1, -0.05) is 18.2 Å². The van der Waals surface area contributed by atoms with E-state index in [2.05, 4.69) is 5.32 Å². The average Bonchev–Trinajstić information content (AvgIpc) is 2.94. The molecule has 0 saturated carbocycles. The molecule has 13 nitrogen and oxygen atoms in total. The maximum atomic E-state index is 13.4. The maximum absolute atomic E-state index is 13.4. The third-order valence-electron chi connectivity index (χ3n) is 6.53. The molecule has 2 aliphatic rings. The number of nitrogens with zero attached hydrogens (tertiary/aromatic N) is 2. The van der Waals surface area contributed by atoms with E-state index < -0.39 is 57.3 Å². The molecule has 2 aromatic rings. The SMILES string of the molecule is CC(C)(C)OC(=O)CC1CS[C@@H]2[C@H](NC(=O)COc3ccccc3)C(=O)N2C1(O)C(=O)OCc1ccc([N+](=O)[O-])cc1. The molecule has 0 aromatic heterocycles. The molecule has 2 aliphatic heterocycles. The number of β-lactam (4-membered cyclic amide) rings is 1. The Morgan fingerprint density at radius 2 is 1.81 bits per heavy atom. The van der Waals surface area contributed by atoms with E-state index in [1.807, 2.05) is 0 Å². The summed E-state index contributed by atoms with van der Waals surface area (Å²) in [4.78, 5) is 63.2. The molecule has 0 aliphatic carbocycles. The van der Waals surface area contributed by atoms with E-state index in [4.69, 9.17) is 14.2 Å². The van der Waals surface area contributed by atoms with Crippen LogP contribution in [-0.2, 0) is 35.3 Å². The number of carbonyl (C=O) groups excluding carboxylic acids is 4. The van der Waals surface area contributed by atoms with Crippen LogP contribution in [0.5, 0.6) is 5.75 Å². The molecular weight excluding hydrogens is 570 g/mol. The van der Waals surface area contributed by atoms with Crippen molar-refractivity contribution in [1.82, 2.24) is 10.2 Å². The van der Waals surface area contributed by atoms with Crippen molar-refractivity contribution in [2.45, 2.75) is 56.5 Å². The fourth-order valence-corrected chi connectivity index (χ4v) is 6.13. The number of amides is 2. The van der Waals surface area contributed by atoms with Gasteiger partial charge in [-0.3, -0.25) is 29.4 Å². The van der Waals surface area contributed by atoms with E-state index in [1.54, 1.807) is 51.1 Å². The van der Waals surface area contributed by atoms with Gasteiger partial charge < -0.3 is 24.6 Å². The molecule has 2 saturated heterocycles. The second-order valence-electron chi connectivity index (χ2n) is 10.8. The Morgan fingerprint density at radius 1 is 1.14 bits per heavy atom. The van der Waals surface area contributed by atoms with E-state index in [0.29, 0.717) is 11.3 Å². The molecule has 4 rings (SSSR count). The average molecular weight is 602 g/mol. The summed E-state index contributed by atoms with van der Waals surface area (Å²) in [7, 11) is 0. The number of para-hydroxylation sites is 1. The van der Waals surface area contributed by atoms with Gasteiger partial charge in [-0.05, 0) is 50.6 Å². The summed E-state index contributed by atoms with van der Waals surface area (Å²) in [5.74, 6) is -3.70. The van der Waals surface area contributed by atoms with Gasteiger partial charge in [0, 0.05) is 23.8 Å². The number of benzene rings is 2. The van der Waals surface area contributed by atoms with Crippen LogP contribution in [0.1, 0.15) is 32.8 Å². The number of rotatable bonds is 10. The minimum atomic E-state index is -2.54. The van der Waals surface area contributed by atoms with E-state index >= 15 is 0 Å². The van der Waals surface area contributed by atoms with Gasteiger partial charge in [0.2, 0.25) is 5.72 Å². The fraction of sp³-hybridized carbons (Fsp3) is 0.429. The molecule has 2 unspecified atom stereocenters. The number of nitro benzene ring substituents is 1. The largest absolute Gasteiger partial charge is 0.484 e. The van der Waals surface area contributed by atoms with Crippen LogP contribution >= 0.6 is 11.8 Å². The van der Waals surface area contributed by atoms with Crippen molar-refractivity contribution in [2.24, 2.45) is 5.92 Å². The molecule has 2 amide bonds. The zero-order valence-corrected chi connectivity index (χ0v) is 24.0. The highest BCUT2D eigenvalue weighted by atomic mass is 32.2. The van der Waals surface area contributed by atoms with Crippen molar-refractivity contribution in [1.29, 1.82) is 0 Å². The lowest BCUT2D eigenvalue weighted by atomic mass is 9.87. The molecule has 2 heterocycles. The third-order valence-corrected chi connectivity index (χ3v) is 7.95. The zero-order chi connectivity index (χ0) is 30.7. The van der Waals surface area contributed by atoms with Crippen LogP contribution in [0.25, 0.3) is 0 Å². The second-order valence-corrected chi connectivity index (χ2v) is 11.9. The van der Waals surface area contributed by atoms with Gasteiger partial charge >= 0.3 is 11.9 Å². The first-order valence-corrected chi connectivity index (χ1v) is 14.1. The summed E-state index contributed by atoms with van der Waals surface area (Å²) in [6, 6.07) is 12.9. The van der Waals surface area contributed by atoms with E-state index in [1.165, 1.54) is 36.0 Å². The van der Waals surface area contributed by atoms with Crippen LogP contribution in [0.4, 0.5) is 5.69 Å². The summed E-state index contributed by atoms with van der Waals surface area (Å²) in [5, 5.41) is 24.5. The number of ether oxygens (including phenoxy) is 3. The smallest absolute Gasteiger partial charge is 0.360 e. The van der Waals surface area contributed by atoms with Gasteiger partial charge in [0.05, 0.1) is 11.3 Å². The molecule has 42 heavy (non-hydrogen) atoms. The molecule has 4 atom stereocenters. The lowest BCUT2D eigenvalue weighted by Crippen LogP contribution is -2.81. The summed E-state index contributed by atoms with van der Waals surface area (Å²) < 4.78 is 16.2. The number of nitro groups is 1. The van der Waals surface area contributed by atoms with Gasteiger partial charge in [-0.2, -0.15) is 0 Å². The standard InChI is InChI=1S/C28H31N3O10S/c1-27(2,3)41-22(33)13-18-16-42-25-23(29-21(32)15-39-20-7-5-4-6-8-20)24(34)30(25)28(18,36)26(35)40-14-17-9-11-19(12-10-17)31(37)38/h4-12,18,23,25,36H,13-16H2,1-3H3,(H,29,32)/t18?,23-,25-,28?/m1/s1. The molecule has 0 bridgehead atoms. The molecule has 2 aromatic carbocycles. The monoisotopic (exact) mass is 601 g/mol. The number of nitrogens with one attached hydrogen (secondary N) is 1. The second kappa shape index (κ2) is 12.4. The molecule has 224 valence electrons. The number of hydrogen-bond acceptors (Lipinski definition) is 11. The van der Waals surface area contributed by atoms with Crippen LogP contribution in [0, 0.1) is 16.0 Å². The number of non-ortho nitro benzene ring substituents is 1. The highest BCUT2D eigenvalue weighted by Gasteiger charge is 2.66. The fourth-order valence-electron chi connectivity index (χ4n) is 4.56. The molecule has 14 heteroatoms. The number of fused-ring (bicyclic) bond motifs is 1. The molecular formula is C28H31N3O10S. The zero-order valence-electron chi connectivity index (χ0n) is 23.2. The molecule has 0 spiro atoms. The van der Waals surface area contributed by atoms with Crippen LogP contribution in [0.3, 0.4) is 0 Å². The summed E-state index contributed by atoms with van der Waals surface area (Å²) in [6.45, 7) is 4.32. The molecule has 0 radical (unpaired) electrons. The number of aliphatic hydroxyl groups is 1. The highest BCUT2D eigenvalue weighted by Crippen LogP contribution is 2.47. The van der Waals surface area contributed by atoms with Gasteiger partial charge in [0.15, 0.2) is 6.61 Å². The van der Waals surface area contributed by atoms with E-state index in [0.717, 1.165) is 4.90 Å². The third kappa shape index (κ3) is 6.82. The first-order valence-electron chi connectivity index (χ1n) is 13.1. The lowest BCUT2D eigenvalue weighted by molar-refractivity contribution is -0.384. The Morgan fingerprint density at radius 3 is 2.43 bits per heavy atom. The maximum Gasteiger partial charge on any atom is 0.360 e. The Hall–Kier alpha value is -4.17. The van der Waals surface area contributed by atoms with Gasteiger partial charge in [0.25, 0.3) is 17.5 Å². The van der Waals surface area contributed by atoms with Gasteiger partial charge in [-0.25, -0.2) is 4.79 Å². The van der Waals surface area contributed by atoms with Crippen molar-refractivity contribution >= 4 is 41.2 Å². The van der Waals surface area contributed by atoms with Crippen LogP contribution in [0.15, 0.2) is 54.6 Å². The summed E-state index contributed by atoms with van der Waals surface area (Å²) >= 11 is 1.20. The Labute approximate surface area is 245 Å². The quantitative estimate of drug-likeness (QED) is 0.177. The van der Waals surface area contributed by atoms with Crippen LogP contribution in [-0.4, -0.2) is 73.8 Å². The van der Waals surface area contributed by atoms with E-state index in [-0.39, 0.29) is 31.1 Å². The van der Waals surface area contributed by atoms with Crippen LogP contribution < -0.4 is 10.1 Å². The number of esters is 2. The minimum Gasteiger partial charge on any atom is -0.484 e. The topological polar surface area (TPSA) is 175 Å². The minimum absolute atomic E-state index is 0.0731. The van der Waals surface area contributed by atoms with Crippen molar-refractivity contribution in [3.8, 4) is 5.75 Å². The predicted molar refractivity (Wildman–Crippen MR) is 149 cm³/mol. The predicted octanol–water partition coefficient (Wildman–Crippen LogP) is 2.15. The van der Waals surface area contributed by atoms with Crippen molar-refractivity contribution < 1.29 is 43.4 Å². The summed E-state index contributed by atoms with van der Waals surface area (Å²) in [6.07, 6.45) is -0.383. The number of thioether (sulfide) groups is 1. The number of carbonyl (C=O) groups is 4. The van der Waals surface area contributed by atoms with Crippen molar-refractivity contribution in [3.63, 3.8) is 0 Å². The Kier molecular flexibility index (Phi) is 9.06. The van der Waals surface area contributed by atoms with Gasteiger partial charge in [0.1, 0.15) is 29.4 Å².